The molecule has 0 heterocycles. The molecule has 2 nitrogen and oxygen atoms in total. The third-order valence-corrected chi connectivity index (χ3v) is 0.311. The van der Waals surface area contributed by atoms with E-state index in [1.165, 1.54) is 6.08 Å². The van der Waals surface area contributed by atoms with Crippen LogP contribution >= 0.6 is 0 Å². The predicted molar refractivity (Wildman–Crippen MR) is 19.8 cm³/mol. The van der Waals surface area contributed by atoms with E-state index in [-0.39, 0.29) is 64.6 Å². The fourth-order valence-corrected chi connectivity index (χ4v) is 0.118. The summed E-state index contributed by atoms with van der Waals surface area (Å²) >= 11 is 0. The van der Waals surface area contributed by atoms with Crippen molar-refractivity contribution < 1.29 is 68.1 Å². The molecule has 3 heteroatoms. The molecule has 0 radical (unpaired) electrons. The normalized spacial score (nSPS) is 6.29. The summed E-state index contributed by atoms with van der Waals surface area (Å²) in [5.41, 5.74) is 0. The molecule has 0 rings (SSSR count). The third-order valence-electron chi connectivity index (χ3n) is 0.311. The van der Waals surface area contributed by atoms with Crippen LogP contribution in [-0.2, 0) is 4.79 Å². The second kappa shape index (κ2) is 7.02. The summed E-state index contributed by atoms with van der Waals surface area (Å²) in [7, 11) is 0. The van der Waals surface area contributed by atoms with Crippen LogP contribution in [0.5, 0.6) is 0 Å². The number of carbonyl (C=O) groups is 1. The largest absolute Gasteiger partial charge is 1.00 e. The van der Waals surface area contributed by atoms with E-state index in [1.54, 1.807) is 0 Å². The zero-order chi connectivity index (χ0) is 4.99. The zero-order valence-electron chi connectivity index (χ0n) is 4.31. The molecule has 0 aliphatic rings. The topological polar surface area (TPSA) is 40.1 Å². The quantitative estimate of drug-likeness (QED) is 0.401. The van der Waals surface area contributed by atoms with Crippen molar-refractivity contribution in [2.45, 2.75) is 6.42 Å². The SMILES string of the molecule is C=CCC(=O)[O-].[Rb+]. The number of carboxylic acid groups (broad SMARTS) is 1. The van der Waals surface area contributed by atoms with E-state index in [2.05, 4.69) is 6.58 Å². The summed E-state index contributed by atoms with van der Waals surface area (Å²) in [6, 6.07) is 0. The van der Waals surface area contributed by atoms with Crippen molar-refractivity contribution in [3.05, 3.63) is 12.7 Å². The average molecular weight is 171 g/mol. The molecular weight excluding hydrogens is 166 g/mol. The molecule has 0 aliphatic carbocycles. The standard InChI is InChI=1S/C4H6O2.Rb/c1-2-3-4(5)6;/h2H,1,3H2,(H,5,6);/q;+1/p-1. The molecule has 0 unspecified atom stereocenters. The van der Waals surface area contributed by atoms with Crippen LogP contribution < -0.4 is 63.3 Å². The van der Waals surface area contributed by atoms with Crippen LogP contribution in [0, 0.1) is 0 Å². The molecule has 0 aromatic carbocycles. The Morgan fingerprint density at radius 3 is 2.29 bits per heavy atom. The molecular formula is C4H5O2Rb. The van der Waals surface area contributed by atoms with E-state index in [0.29, 0.717) is 0 Å². The molecule has 0 fully saturated rings. The van der Waals surface area contributed by atoms with E-state index in [4.69, 9.17) is 0 Å². The number of rotatable bonds is 2. The van der Waals surface area contributed by atoms with E-state index in [1.807, 2.05) is 0 Å². The average Bonchev–Trinajstić information content (AvgIpc) is 1.35. The molecule has 34 valence electrons. The molecule has 0 atom stereocenters. The van der Waals surface area contributed by atoms with Crippen LogP contribution in [0.25, 0.3) is 0 Å². The second-order valence-corrected chi connectivity index (χ2v) is 0.865. The molecule has 0 aliphatic heterocycles. The maximum Gasteiger partial charge on any atom is 1.00 e. The number of carboxylic acids is 1. The first-order valence-electron chi connectivity index (χ1n) is 1.58. The summed E-state index contributed by atoms with van der Waals surface area (Å²) in [6.07, 6.45) is 1.23. The monoisotopic (exact) mass is 170 g/mol. The van der Waals surface area contributed by atoms with Gasteiger partial charge in [0.25, 0.3) is 0 Å². The Hall–Kier alpha value is 1.02. The van der Waals surface area contributed by atoms with Gasteiger partial charge in [0.15, 0.2) is 0 Å². The smallest absolute Gasteiger partial charge is 0.550 e. The van der Waals surface area contributed by atoms with Gasteiger partial charge in [0.1, 0.15) is 0 Å². The van der Waals surface area contributed by atoms with E-state index in [0.717, 1.165) is 0 Å². The molecule has 0 aromatic heterocycles. The maximum atomic E-state index is 9.42. The van der Waals surface area contributed by atoms with Gasteiger partial charge in [0.05, 0.1) is 0 Å². The van der Waals surface area contributed by atoms with E-state index < -0.39 is 5.97 Å². The number of hydrogen-bond donors (Lipinski definition) is 0. The van der Waals surface area contributed by atoms with Gasteiger partial charge in [0.2, 0.25) is 0 Å². The van der Waals surface area contributed by atoms with Gasteiger partial charge in [-0.05, 0) is 0 Å². The summed E-state index contributed by atoms with van der Waals surface area (Å²) in [6.45, 7) is 3.18. The molecule has 0 saturated carbocycles. The molecule has 0 amide bonds. The molecule has 0 saturated heterocycles. The Morgan fingerprint density at radius 2 is 2.29 bits per heavy atom. The number of hydrogen-bond acceptors (Lipinski definition) is 2. The van der Waals surface area contributed by atoms with Gasteiger partial charge in [-0.3, -0.25) is 0 Å². The number of carbonyl (C=O) groups excluding carboxylic acids is 1. The minimum Gasteiger partial charge on any atom is -0.550 e. The number of aliphatic carboxylic acids is 1. The van der Waals surface area contributed by atoms with Crippen LogP contribution in [0.2, 0.25) is 0 Å². The van der Waals surface area contributed by atoms with Crippen molar-refractivity contribution >= 4 is 5.97 Å². The second-order valence-electron chi connectivity index (χ2n) is 0.865. The van der Waals surface area contributed by atoms with Crippen molar-refractivity contribution in [1.82, 2.24) is 0 Å². The van der Waals surface area contributed by atoms with Gasteiger partial charge >= 0.3 is 58.2 Å². The summed E-state index contributed by atoms with van der Waals surface area (Å²) < 4.78 is 0. The molecule has 0 aromatic rings. The maximum absolute atomic E-state index is 9.42. The third kappa shape index (κ3) is 10.9. The van der Waals surface area contributed by atoms with Crippen LogP contribution in [0.3, 0.4) is 0 Å². The minimum atomic E-state index is -1.08. The molecule has 0 N–H and O–H groups in total. The van der Waals surface area contributed by atoms with Crippen LogP contribution in [0.1, 0.15) is 6.42 Å². The summed E-state index contributed by atoms with van der Waals surface area (Å²) in [4.78, 5) is 9.42. The van der Waals surface area contributed by atoms with Crippen molar-refractivity contribution in [3.63, 3.8) is 0 Å². The Bertz CT molecular complexity index is 70.1. The molecule has 0 spiro atoms. The van der Waals surface area contributed by atoms with E-state index in [9.17, 15) is 9.90 Å². The zero-order valence-corrected chi connectivity index (χ0v) is 9.22. The first kappa shape index (κ1) is 10.9. The Morgan fingerprint density at radius 1 is 1.86 bits per heavy atom. The van der Waals surface area contributed by atoms with Gasteiger partial charge < -0.3 is 9.90 Å². The molecule has 0 bridgehead atoms. The Labute approximate surface area is 91.4 Å². The van der Waals surface area contributed by atoms with E-state index >= 15 is 0 Å². The first-order chi connectivity index (χ1) is 2.77. The van der Waals surface area contributed by atoms with Crippen LogP contribution in [0.4, 0.5) is 0 Å². The Balaban J connectivity index is 0. The van der Waals surface area contributed by atoms with Gasteiger partial charge in [-0.1, -0.05) is 6.08 Å². The van der Waals surface area contributed by atoms with Gasteiger partial charge in [-0.2, -0.15) is 0 Å². The van der Waals surface area contributed by atoms with Crippen molar-refractivity contribution in [2.75, 3.05) is 0 Å². The van der Waals surface area contributed by atoms with Gasteiger partial charge in [0, 0.05) is 12.4 Å². The van der Waals surface area contributed by atoms with Crippen molar-refractivity contribution in [3.8, 4) is 0 Å². The minimum absolute atomic E-state index is 0. The van der Waals surface area contributed by atoms with Gasteiger partial charge in [-0.15, -0.1) is 6.58 Å². The fourth-order valence-electron chi connectivity index (χ4n) is 0.118. The predicted octanol–water partition coefficient (Wildman–Crippen LogP) is -3.68. The Kier molecular flexibility index (Phi) is 10.9. The van der Waals surface area contributed by atoms with Crippen LogP contribution in [0.15, 0.2) is 12.7 Å². The molecule has 7 heavy (non-hydrogen) atoms. The summed E-state index contributed by atoms with van der Waals surface area (Å²) in [5, 5.41) is 9.42. The summed E-state index contributed by atoms with van der Waals surface area (Å²) in [5.74, 6) is -1.08. The van der Waals surface area contributed by atoms with Crippen LogP contribution in [-0.4, -0.2) is 5.97 Å². The fraction of sp³-hybridized carbons (Fsp3) is 0.250. The van der Waals surface area contributed by atoms with Crippen molar-refractivity contribution in [2.24, 2.45) is 0 Å². The van der Waals surface area contributed by atoms with Crippen molar-refractivity contribution in [1.29, 1.82) is 0 Å². The first-order valence-corrected chi connectivity index (χ1v) is 1.58. The van der Waals surface area contributed by atoms with Gasteiger partial charge in [-0.25, -0.2) is 0 Å².